The highest BCUT2D eigenvalue weighted by atomic mass is 32.2. The maximum Gasteiger partial charge on any atom is 0.303 e. The van der Waals surface area contributed by atoms with Crippen LogP contribution in [0.15, 0.2) is 12.3 Å². The number of sulfone groups is 1. The number of carbonyl (C=O) groups is 1. The van der Waals surface area contributed by atoms with Gasteiger partial charge in [-0.05, 0) is 12.5 Å². The molecule has 0 bridgehead atoms. The molecule has 2 rings (SSSR count). The summed E-state index contributed by atoms with van der Waals surface area (Å²) >= 11 is 0. The van der Waals surface area contributed by atoms with E-state index in [1.807, 2.05) is 0 Å². The number of nitrogens with zero attached hydrogens (tertiary/aromatic N) is 2. The molecule has 1 aromatic rings. The Bertz CT molecular complexity index is 493. The van der Waals surface area contributed by atoms with Gasteiger partial charge in [-0.3, -0.25) is 9.48 Å². The summed E-state index contributed by atoms with van der Waals surface area (Å²) in [4.78, 5) is 10.4. The number of hydrogen-bond acceptors (Lipinski definition) is 4. The number of carboxylic acid groups (broad SMARTS) is 1. The molecule has 0 aromatic carbocycles. The summed E-state index contributed by atoms with van der Waals surface area (Å²) in [6.07, 6.45) is 1.99. The van der Waals surface area contributed by atoms with Gasteiger partial charge in [-0.2, -0.15) is 5.10 Å². The predicted octanol–water partition coefficient (Wildman–Crippen LogP) is -0.130. The minimum Gasteiger partial charge on any atom is -0.481 e. The third-order valence-corrected chi connectivity index (χ3v) is 4.37. The van der Waals surface area contributed by atoms with E-state index in [0.717, 1.165) is 5.69 Å². The first-order valence-electron chi connectivity index (χ1n) is 4.92. The first-order valence-corrected chi connectivity index (χ1v) is 6.75. The van der Waals surface area contributed by atoms with Crippen molar-refractivity contribution in [1.29, 1.82) is 0 Å². The molecule has 1 aliphatic heterocycles. The molecule has 0 aliphatic carbocycles. The molecule has 0 spiro atoms. The van der Waals surface area contributed by atoms with Crippen LogP contribution in [0, 0.1) is 0 Å². The molecule has 0 unspecified atom stereocenters. The average Bonchev–Trinajstić information content (AvgIpc) is 2.58. The quantitative estimate of drug-likeness (QED) is 0.797. The minimum atomic E-state index is -2.88. The zero-order valence-corrected chi connectivity index (χ0v) is 9.35. The third-order valence-electron chi connectivity index (χ3n) is 2.59. The third kappa shape index (κ3) is 2.24. The zero-order valence-electron chi connectivity index (χ0n) is 8.54. The van der Waals surface area contributed by atoms with Gasteiger partial charge in [0, 0.05) is 11.9 Å². The van der Waals surface area contributed by atoms with E-state index in [4.69, 9.17) is 5.11 Å². The maximum atomic E-state index is 11.0. The van der Waals surface area contributed by atoms with Crippen LogP contribution in [0.1, 0.15) is 18.2 Å². The van der Waals surface area contributed by atoms with Crippen molar-refractivity contribution in [1.82, 2.24) is 9.78 Å². The van der Waals surface area contributed by atoms with Crippen molar-refractivity contribution in [3.63, 3.8) is 0 Å². The van der Waals surface area contributed by atoms with Gasteiger partial charge in [-0.1, -0.05) is 0 Å². The Hall–Kier alpha value is -1.37. The molecule has 16 heavy (non-hydrogen) atoms. The molecule has 0 atom stereocenters. The van der Waals surface area contributed by atoms with Crippen molar-refractivity contribution in [2.75, 3.05) is 11.5 Å². The Balaban J connectivity index is 2.05. The summed E-state index contributed by atoms with van der Waals surface area (Å²) < 4.78 is 23.7. The average molecular weight is 244 g/mol. The van der Waals surface area contributed by atoms with Gasteiger partial charge in [-0.25, -0.2) is 8.42 Å². The fourth-order valence-electron chi connectivity index (χ4n) is 1.78. The van der Waals surface area contributed by atoms with Gasteiger partial charge in [0.1, 0.15) is 0 Å². The van der Waals surface area contributed by atoms with E-state index in [2.05, 4.69) is 5.10 Å². The van der Waals surface area contributed by atoms with Gasteiger partial charge in [0.05, 0.1) is 24.0 Å². The van der Waals surface area contributed by atoms with E-state index in [0.29, 0.717) is 6.42 Å². The second-order valence-corrected chi connectivity index (χ2v) is 6.05. The van der Waals surface area contributed by atoms with E-state index < -0.39 is 15.8 Å². The number of rotatable bonds is 4. The highest BCUT2D eigenvalue weighted by Crippen LogP contribution is 2.24. The van der Waals surface area contributed by atoms with Crippen molar-refractivity contribution in [2.45, 2.75) is 18.9 Å². The SMILES string of the molecule is O=C(O)CCc1ccnn1C1CS(=O)(=O)C1. The number of aromatic nitrogens is 2. The standard InChI is InChI=1S/C9H12N2O4S/c12-9(13)2-1-7-3-4-10-11(7)8-5-16(14,15)6-8/h3-4,8H,1-2,5-6H2,(H,12,13). The van der Waals surface area contributed by atoms with Gasteiger partial charge in [-0.15, -0.1) is 0 Å². The van der Waals surface area contributed by atoms with Crippen LogP contribution < -0.4 is 0 Å². The Labute approximate surface area is 92.8 Å². The second kappa shape index (κ2) is 3.89. The van der Waals surface area contributed by atoms with Crippen LogP contribution in [0.2, 0.25) is 0 Å². The van der Waals surface area contributed by atoms with Crippen molar-refractivity contribution >= 4 is 15.8 Å². The summed E-state index contributed by atoms with van der Waals surface area (Å²) in [6, 6.07) is 1.61. The summed E-state index contributed by atoms with van der Waals surface area (Å²) in [5.41, 5.74) is 0.780. The fourth-order valence-corrected chi connectivity index (χ4v) is 3.14. The van der Waals surface area contributed by atoms with Crippen molar-refractivity contribution in [2.24, 2.45) is 0 Å². The molecule has 0 saturated carbocycles. The van der Waals surface area contributed by atoms with Crippen molar-refractivity contribution in [3.05, 3.63) is 18.0 Å². The molecule has 1 fully saturated rings. The van der Waals surface area contributed by atoms with Crippen LogP contribution in [-0.4, -0.2) is 40.8 Å². The highest BCUT2D eigenvalue weighted by molar-refractivity contribution is 7.92. The Morgan fingerprint density at radius 2 is 2.25 bits per heavy atom. The summed E-state index contributed by atoms with van der Waals surface area (Å²) in [6.45, 7) is 0. The van der Waals surface area contributed by atoms with E-state index in [-0.39, 0.29) is 24.0 Å². The van der Waals surface area contributed by atoms with Crippen LogP contribution in [0.5, 0.6) is 0 Å². The number of hydrogen-bond donors (Lipinski definition) is 1. The van der Waals surface area contributed by atoms with E-state index >= 15 is 0 Å². The van der Waals surface area contributed by atoms with Crippen LogP contribution >= 0.6 is 0 Å². The zero-order chi connectivity index (χ0) is 11.8. The first kappa shape index (κ1) is 11.1. The Kier molecular flexibility index (Phi) is 2.71. The fraction of sp³-hybridized carbons (Fsp3) is 0.556. The molecular weight excluding hydrogens is 232 g/mol. The normalized spacial score (nSPS) is 19.2. The predicted molar refractivity (Wildman–Crippen MR) is 55.9 cm³/mol. The largest absolute Gasteiger partial charge is 0.481 e. The van der Waals surface area contributed by atoms with Gasteiger partial charge < -0.3 is 5.11 Å². The minimum absolute atomic E-state index is 0.0329. The second-order valence-electron chi connectivity index (χ2n) is 3.89. The molecule has 1 N–H and O–H groups in total. The monoisotopic (exact) mass is 244 g/mol. The lowest BCUT2D eigenvalue weighted by molar-refractivity contribution is -0.137. The summed E-state index contributed by atoms with van der Waals surface area (Å²) in [5, 5.41) is 12.6. The molecular formula is C9H12N2O4S. The molecule has 1 aromatic heterocycles. The topological polar surface area (TPSA) is 89.3 Å². The molecule has 0 amide bonds. The molecule has 88 valence electrons. The van der Waals surface area contributed by atoms with Crippen molar-refractivity contribution in [3.8, 4) is 0 Å². The van der Waals surface area contributed by atoms with Crippen molar-refractivity contribution < 1.29 is 18.3 Å². The lowest BCUT2D eigenvalue weighted by Gasteiger charge is -2.27. The molecule has 7 heteroatoms. The smallest absolute Gasteiger partial charge is 0.303 e. The summed E-state index contributed by atoms with van der Waals surface area (Å²) in [5.74, 6) is -0.655. The van der Waals surface area contributed by atoms with E-state index in [9.17, 15) is 13.2 Å². The van der Waals surface area contributed by atoms with Gasteiger partial charge in [0.25, 0.3) is 0 Å². The number of aliphatic carboxylic acids is 1. The van der Waals surface area contributed by atoms with Gasteiger partial charge in [0.2, 0.25) is 0 Å². The molecule has 2 heterocycles. The first-order chi connectivity index (χ1) is 7.48. The molecule has 1 saturated heterocycles. The van der Waals surface area contributed by atoms with Crippen LogP contribution in [0.3, 0.4) is 0 Å². The maximum absolute atomic E-state index is 11.0. The van der Waals surface area contributed by atoms with Gasteiger partial charge >= 0.3 is 5.97 Å². The van der Waals surface area contributed by atoms with Gasteiger partial charge in [0.15, 0.2) is 9.84 Å². The van der Waals surface area contributed by atoms with E-state index in [1.54, 1.807) is 16.9 Å². The molecule has 6 nitrogen and oxygen atoms in total. The summed E-state index contributed by atoms with van der Waals surface area (Å²) in [7, 11) is -2.88. The van der Waals surface area contributed by atoms with Crippen LogP contribution in [-0.2, 0) is 21.1 Å². The molecule has 1 aliphatic rings. The lowest BCUT2D eigenvalue weighted by atomic mass is 10.2. The highest BCUT2D eigenvalue weighted by Gasteiger charge is 2.36. The van der Waals surface area contributed by atoms with Crippen LogP contribution in [0.4, 0.5) is 0 Å². The van der Waals surface area contributed by atoms with Crippen LogP contribution in [0.25, 0.3) is 0 Å². The Morgan fingerprint density at radius 3 is 2.81 bits per heavy atom. The number of carboxylic acids is 1. The lowest BCUT2D eigenvalue weighted by Crippen LogP contribution is -2.39. The van der Waals surface area contributed by atoms with E-state index in [1.165, 1.54) is 0 Å². The number of aryl methyl sites for hydroxylation is 1. The Morgan fingerprint density at radius 1 is 1.56 bits per heavy atom. The molecule has 0 radical (unpaired) electrons.